The van der Waals surface area contributed by atoms with Gasteiger partial charge in [0.05, 0.1) is 5.69 Å². The number of nitrogens with zero attached hydrogens (tertiary/aromatic N) is 2. The van der Waals surface area contributed by atoms with E-state index in [1.807, 2.05) is 0 Å². The zero-order valence-electron chi connectivity index (χ0n) is 5.72. The minimum atomic E-state index is 0.272. The van der Waals surface area contributed by atoms with Crippen LogP contribution in [0.1, 0.15) is 11.3 Å². The third-order valence-electron chi connectivity index (χ3n) is 1.21. The van der Waals surface area contributed by atoms with E-state index in [-0.39, 0.29) is 5.28 Å². The highest BCUT2D eigenvalue weighted by Gasteiger charge is 2.00. The average Bonchev–Trinajstić information content (AvgIpc) is 2.04. The third-order valence-corrected chi connectivity index (χ3v) is 2.21. The Morgan fingerprint density at radius 3 is 3.00 bits per heavy atom. The molecule has 0 aliphatic rings. The molecule has 11 heavy (non-hydrogen) atoms. The van der Waals surface area contributed by atoms with Gasteiger partial charge in [0.1, 0.15) is 0 Å². The van der Waals surface area contributed by atoms with Gasteiger partial charge >= 0.3 is 0 Å². The molecule has 0 aromatic carbocycles. The quantitative estimate of drug-likeness (QED) is 0.473. The Kier molecular flexibility index (Phi) is 3.26. The van der Waals surface area contributed by atoms with Crippen LogP contribution in [0.4, 0.5) is 0 Å². The van der Waals surface area contributed by atoms with E-state index in [4.69, 9.17) is 11.6 Å². The second-order valence-electron chi connectivity index (χ2n) is 1.89. The van der Waals surface area contributed by atoms with Crippen molar-refractivity contribution in [1.29, 1.82) is 0 Å². The number of rotatable bonds is 2. The van der Waals surface area contributed by atoms with Crippen LogP contribution < -0.4 is 0 Å². The summed E-state index contributed by atoms with van der Waals surface area (Å²) in [5.41, 5.74) is 1.88. The van der Waals surface area contributed by atoms with Gasteiger partial charge < -0.3 is 0 Å². The van der Waals surface area contributed by atoms with Crippen LogP contribution in [0.15, 0.2) is 12.8 Å². The van der Waals surface area contributed by atoms with Crippen molar-refractivity contribution in [3.05, 3.63) is 29.3 Å². The molecule has 0 amide bonds. The lowest BCUT2D eigenvalue weighted by molar-refractivity contribution is 1.11. The van der Waals surface area contributed by atoms with Crippen molar-refractivity contribution in [2.24, 2.45) is 0 Å². The van der Waals surface area contributed by atoms with E-state index in [2.05, 4.69) is 39.1 Å². The number of hydrogen-bond acceptors (Lipinski definition) is 2. The molecule has 2 nitrogen and oxygen atoms in total. The Bertz CT molecular complexity index is 275. The van der Waals surface area contributed by atoms with Crippen molar-refractivity contribution in [3.8, 4) is 0 Å². The second-order valence-corrected chi connectivity index (χ2v) is 2.99. The molecule has 4 heteroatoms. The van der Waals surface area contributed by atoms with Crippen LogP contribution in [0.25, 0.3) is 6.08 Å². The molecule has 1 heterocycles. The zero-order valence-corrected chi connectivity index (χ0v) is 8.63. The number of aromatic nitrogens is 2. The summed E-state index contributed by atoms with van der Waals surface area (Å²) in [5, 5.41) is 0.272. The largest absolute Gasteiger partial charge is 0.226 e. The lowest BCUT2D eigenvalue weighted by Crippen LogP contribution is -1.91. The minimum Gasteiger partial charge on any atom is -0.226 e. The van der Waals surface area contributed by atoms with Gasteiger partial charge in [0, 0.05) is 16.2 Å². The first-order valence-corrected chi connectivity index (χ1v) is 4.88. The standard InChI is InChI=1S/C7H6ClIN2/c1-2-6-5(3-9)4-10-7(8)11-6/h2,4H,1,3H2. The van der Waals surface area contributed by atoms with E-state index < -0.39 is 0 Å². The van der Waals surface area contributed by atoms with Gasteiger partial charge in [-0.2, -0.15) is 0 Å². The van der Waals surface area contributed by atoms with Crippen LogP contribution in [0.5, 0.6) is 0 Å². The fraction of sp³-hybridized carbons (Fsp3) is 0.143. The van der Waals surface area contributed by atoms with Crippen LogP contribution in [-0.4, -0.2) is 9.97 Å². The summed E-state index contributed by atoms with van der Waals surface area (Å²) in [4.78, 5) is 7.85. The molecule has 0 spiro atoms. The van der Waals surface area contributed by atoms with Crippen molar-refractivity contribution in [2.75, 3.05) is 0 Å². The summed E-state index contributed by atoms with van der Waals surface area (Å²) in [5.74, 6) is 0. The Labute approximate surface area is 83.8 Å². The molecule has 1 rings (SSSR count). The van der Waals surface area contributed by atoms with Gasteiger partial charge in [-0.25, -0.2) is 9.97 Å². The van der Waals surface area contributed by atoms with Crippen LogP contribution in [-0.2, 0) is 4.43 Å². The summed E-state index contributed by atoms with van der Waals surface area (Å²) in [6.07, 6.45) is 3.40. The molecule has 0 N–H and O–H groups in total. The first-order valence-electron chi connectivity index (χ1n) is 2.97. The van der Waals surface area contributed by atoms with Crippen LogP contribution >= 0.6 is 34.2 Å². The van der Waals surface area contributed by atoms with Gasteiger partial charge in [0.2, 0.25) is 5.28 Å². The van der Waals surface area contributed by atoms with E-state index in [9.17, 15) is 0 Å². The van der Waals surface area contributed by atoms with Crippen molar-refractivity contribution < 1.29 is 0 Å². The molecule has 1 aromatic heterocycles. The Hall–Kier alpha value is -0.160. The van der Waals surface area contributed by atoms with E-state index in [0.29, 0.717) is 0 Å². The van der Waals surface area contributed by atoms with Crippen molar-refractivity contribution >= 4 is 40.3 Å². The first-order chi connectivity index (χ1) is 5.27. The molecule has 0 atom stereocenters. The monoisotopic (exact) mass is 280 g/mol. The maximum atomic E-state index is 5.58. The predicted molar refractivity (Wildman–Crippen MR) is 54.9 cm³/mol. The molecule has 0 saturated carbocycles. The fourth-order valence-corrected chi connectivity index (χ4v) is 1.40. The summed E-state index contributed by atoms with van der Waals surface area (Å²) < 4.78 is 0.871. The lowest BCUT2D eigenvalue weighted by Gasteiger charge is -1.99. The van der Waals surface area contributed by atoms with Crippen LogP contribution in [0.3, 0.4) is 0 Å². The highest BCUT2D eigenvalue weighted by Crippen LogP contribution is 2.12. The van der Waals surface area contributed by atoms with E-state index in [0.717, 1.165) is 15.7 Å². The van der Waals surface area contributed by atoms with Gasteiger partial charge in [0.15, 0.2) is 0 Å². The van der Waals surface area contributed by atoms with Gasteiger partial charge in [-0.15, -0.1) is 0 Å². The van der Waals surface area contributed by atoms with Gasteiger partial charge in [0.25, 0.3) is 0 Å². The minimum absolute atomic E-state index is 0.272. The molecule has 0 aliphatic heterocycles. The predicted octanol–water partition coefficient (Wildman–Crippen LogP) is 2.71. The molecule has 58 valence electrons. The summed E-state index contributed by atoms with van der Waals surface area (Å²) >= 11 is 7.82. The molecule has 0 radical (unpaired) electrons. The molecule has 0 bridgehead atoms. The molecule has 1 aromatic rings. The normalized spacial score (nSPS) is 9.64. The summed E-state index contributed by atoms with van der Waals surface area (Å²) in [6.45, 7) is 3.63. The molecular weight excluding hydrogens is 274 g/mol. The highest BCUT2D eigenvalue weighted by molar-refractivity contribution is 14.1. The Morgan fingerprint density at radius 2 is 2.45 bits per heavy atom. The maximum Gasteiger partial charge on any atom is 0.222 e. The Morgan fingerprint density at radius 1 is 1.73 bits per heavy atom. The smallest absolute Gasteiger partial charge is 0.222 e. The SMILES string of the molecule is C=Cc1nc(Cl)ncc1CI. The number of hydrogen-bond donors (Lipinski definition) is 0. The Balaban J connectivity index is 3.16. The lowest BCUT2D eigenvalue weighted by atomic mass is 10.2. The average molecular weight is 280 g/mol. The van der Waals surface area contributed by atoms with Gasteiger partial charge in [-0.3, -0.25) is 0 Å². The van der Waals surface area contributed by atoms with Crippen molar-refractivity contribution in [3.63, 3.8) is 0 Å². The number of alkyl halides is 1. The molecule has 0 unspecified atom stereocenters. The topological polar surface area (TPSA) is 25.8 Å². The number of halogens is 2. The maximum absolute atomic E-state index is 5.58. The fourth-order valence-electron chi connectivity index (χ4n) is 0.677. The second kappa shape index (κ2) is 4.01. The van der Waals surface area contributed by atoms with Gasteiger partial charge in [-0.1, -0.05) is 29.2 Å². The van der Waals surface area contributed by atoms with Crippen LogP contribution in [0, 0.1) is 0 Å². The molecule has 0 saturated heterocycles. The summed E-state index contributed by atoms with van der Waals surface area (Å²) in [7, 11) is 0. The first kappa shape index (κ1) is 8.93. The zero-order chi connectivity index (χ0) is 8.27. The molecular formula is C7H6ClIN2. The third kappa shape index (κ3) is 2.13. The van der Waals surface area contributed by atoms with E-state index >= 15 is 0 Å². The van der Waals surface area contributed by atoms with Crippen molar-refractivity contribution in [1.82, 2.24) is 9.97 Å². The molecule has 0 aliphatic carbocycles. The summed E-state index contributed by atoms with van der Waals surface area (Å²) in [6, 6.07) is 0. The van der Waals surface area contributed by atoms with Crippen molar-refractivity contribution in [2.45, 2.75) is 4.43 Å². The van der Waals surface area contributed by atoms with E-state index in [1.165, 1.54) is 0 Å². The molecule has 0 fully saturated rings. The van der Waals surface area contributed by atoms with E-state index in [1.54, 1.807) is 12.3 Å². The van der Waals surface area contributed by atoms with Crippen LogP contribution in [0.2, 0.25) is 5.28 Å². The van der Waals surface area contributed by atoms with Gasteiger partial charge in [-0.05, 0) is 17.7 Å². The highest BCUT2D eigenvalue weighted by atomic mass is 127.